The van der Waals surface area contributed by atoms with Gasteiger partial charge in [0, 0.05) is 22.9 Å². The third kappa shape index (κ3) is 2.60. The lowest BCUT2D eigenvalue weighted by Gasteiger charge is -2.19. The minimum Gasteiger partial charge on any atom is -0.300 e. The number of fused-ring (bicyclic) bond motifs is 4. The Labute approximate surface area is 173 Å². The van der Waals surface area contributed by atoms with Crippen molar-refractivity contribution in [2.24, 2.45) is 0 Å². The van der Waals surface area contributed by atoms with Crippen molar-refractivity contribution in [2.45, 2.75) is 19.4 Å². The van der Waals surface area contributed by atoms with Gasteiger partial charge in [0.1, 0.15) is 5.78 Å². The average molecular weight is 390 g/mol. The molecule has 2 heterocycles. The average Bonchev–Trinajstić information content (AvgIpc) is 3.08. The van der Waals surface area contributed by atoms with E-state index in [0.717, 1.165) is 33.3 Å². The molecule has 4 nitrogen and oxygen atoms in total. The zero-order chi connectivity index (χ0) is 20.8. The van der Waals surface area contributed by atoms with Gasteiger partial charge in [-0.25, -0.2) is 0 Å². The standard InChI is InChI=1S/C26H18N2O2/c1-16(29)13-23-19-9-5-6-10-20(19)25-24(18-7-3-2-4-8-18)22-14-17(15-27)11-12-21(22)26(30)28(23)25/h2-12,14,23H,13H2,1H3. The Hall–Kier alpha value is -3.97. The summed E-state index contributed by atoms with van der Waals surface area (Å²) in [4.78, 5) is 25.7. The highest BCUT2D eigenvalue weighted by Gasteiger charge is 2.33. The van der Waals surface area contributed by atoms with E-state index in [0.29, 0.717) is 10.9 Å². The van der Waals surface area contributed by atoms with Crippen molar-refractivity contribution in [2.75, 3.05) is 0 Å². The van der Waals surface area contributed by atoms with E-state index >= 15 is 0 Å². The van der Waals surface area contributed by atoms with E-state index in [2.05, 4.69) is 6.07 Å². The van der Waals surface area contributed by atoms with Crippen LogP contribution in [0.1, 0.15) is 30.5 Å². The van der Waals surface area contributed by atoms with Gasteiger partial charge in [-0.05, 0) is 41.6 Å². The van der Waals surface area contributed by atoms with Crippen LogP contribution in [0, 0.1) is 11.3 Å². The second-order valence-electron chi connectivity index (χ2n) is 7.65. The predicted molar refractivity (Wildman–Crippen MR) is 117 cm³/mol. The lowest BCUT2D eigenvalue weighted by molar-refractivity contribution is -0.117. The largest absolute Gasteiger partial charge is 0.300 e. The molecule has 1 aromatic heterocycles. The number of hydrogen-bond donors (Lipinski definition) is 0. The highest BCUT2D eigenvalue weighted by Crippen LogP contribution is 2.46. The molecule has 3 aromatic carbocycles. The van der Waals surface area contributed by atoms with Gasteiger partial charge < -0.3 is 0 Å². The number of rotatable bonds is 3. The van der Waals surface area contributed by atoms with Crippen LogP contribution in [0.25, 0.3) is 33.2 Å². The van der Waals surface area contributed by atoms with Gasteiger partial charge in [-0.2, -0.15) is 5.26 Å². The van der Waals surface area contributed by atoms with Gasteiger partial charge in [-0.1, -0.05) is 54.6 Å². The summed E-state index contributed by atoms with van der Waals surface area (Å²) < 4.78 is 1.78. The van der Waals surface area contributed by atoms with Crippen molar-refractivity contribution < 1.29 is 4.79 Å². The lowest BCUT2D eigenvalue weighted by atomic mass is 9.93. The van der Waals surface area contributed by atoms with Gasteiger partial charge in [0.15, 0.2) is 0 Å². The third-order valence-electron chi connectivity index (χ3n) is 5.77. The van der Waals surface area contributed by atoms with Crippen LogP contribution in [-0.2, 0) is 4.79 Å². The molecule has 144 valence electrons. The van der Waals surface area contributed by atoms with Crippen molar-refractivity contribution in [3.8, 4) is 28.5 Å². The van der Waals surface area contributed by atoms with Crippen molar-refractivity contribution in [1.82, 2.24) is 4.57 Å². The summed E-state index contributed by atoms with van der Waals surface area (Å²) in [6.07, 6.45) is 0.264. The van der Waals surface area contributed by atoms with Crippen LogP contribution in [0.3, 0.4) is 0 Å². The molecule has 0 aliphatic carbocycles. The van der Waals surface area contributed by atoms with Gasteiger partial charge in [0.05, 0.1) is 23.4 Å². The molecule has 0 amide bonds. The number of hydrogen-bond acceptors (Lipinski definition) is 3. The Morgan fingerprint density at radius 1 is 1.00 bits per heavy atom. The number of benzene rings is 3. The first kappa shape index (κ1) is 18.1. The number of nitrogens with zero attached hydrogens (tertiary/aromatic N) is 2. The van der Waals surface area contributed by atoms with Crippen LogP contribution in [-0.4, -0.2) is 10.4 Å². The summed E-state index contributed by atoms with van der Waals surface area (Å²) in [7, 11) is 0. The third-order valence-corrected chi connectivity index (χ3v) is 5.77. The smallest absolute Gasteiger partial charge is 0.259 e. The van der Waals surface area contributed by atoms with E-state index < -0.39 is 0 Å². The highest BCUT2D eigenvalue weighted by atomic mass is 16.1. The van der Waals surface area contributed by atoms with Gasteiger partial charge in [0.2, 0.25) is 0 Å². The van der Waals surface area contributed by atoms with E-state index in [9.17, 15) is 14.9 Å². The highest BCUT2D eigenvalue weighted by molar-refractivity contribution is 6.04. The first-order valence-electron chi connectivity index (χ1n) is 9.86. The number of pyridine rings is 1. The molecule has 0 bridgehead atoms. The molecule has 30 heavy (non-hydrogen) atoms. The molecule has 1 aliphatic heterocycles. The molecular formula is C26H18N2O2. The molecule has 0 saturated heterocycles. The maximum atomic E-state index is 13.6. The molecule has 1 aliphatic rings. The fraction of sp³-hybridized carbons (Fsp3) is 0.115. The molecule has 1 atom stereocenters. The topological polar surface area (TPSA) is 62.9 Å². The number of carbonyl (C=O) groups is 1. The summed E-state index contributed by atoms with van der Waals surface area (Å²) in [6, 6.07) is 24.9. The number of Topliss-reactive ketones (excluding diaryl/α,β-unsaturated/α-hetero) is 1. The quantitative estimate of drug-likeness (QED) is 0.489. The van der Waals surface area contributed by atoms with Crippen molar-refractivity contribution in [3.05, 3.63) is 94.3 Å². The van der Waals surface area contributed by atoms with Gasteiger partial charge >= 0.3 is 0 Å². The number of aromatic nitrogens is 1. The van der Waals surface area contributed by atoms with Crippen molar-refractivity contribution >= 4 is 16.6 Å². The van der Waals surface area contributed by atoms with Crippen LogP contribution in [0.2, 0.25) is 0 Å². The predicted octanol–water partition coefficient (Wildman–Crippen LogP) is 5.09. The summed E-state index contributed by atoms with van der Waals surface area (Å²) in [5.74, 6) is 0.0377. The SMILES string of the molecule is CC(=O)CC1c2ccccc2-c2c(-c3ccccc3)c3cc(C#N)ccc3c(=O)n21. The summed E-state index contributed by atoms with van der Waals surface area (Å²) in [6.45, 7) is 1.56. The molecule has 0 fully saturated rings. The van der Waals surface area contributed by atoms with Crippen LogP contribution in [0.15, 0.2) is 77.6 Å². The van der Waals surface area contributed by atoms with Crippen LogP contribution in [0.5, 0.6) is 0 Å². The maximum Gasteiger partial charge on any atom is 0.259 e. The molecule has 4 heteroatoms. The molecule has 0 spiro atoms. The Balaban J connectivity index is 2.00. The molecule has 5 rings (SSSR count). The minimum absolute atomic E-state index is 0.0377. The zero-order valence-electron chi connectivity index (χ0n) is 16.4. The van der Waals surface area contributed by atoms with Gasteiger partial charge in [-0.15, -0.1) is 0 Å². The molecular weight excluding hydrogens is 372 g/mol. The molecule has 0 saturated carbocycles. The fourth-order valence-electron chi connectivity index (χ4n) is 4.56. The second-order valence-corrected chi connectivity index (χ2v) is 7.65. The summed E-state index contributed by atoms with van der Waals surface area (Å²) >= 11 is 0. The van der Waals surface area contributed by atoms with E-state index in [4.69, 9.17) is 0 Å². The zero-order valence-corrected chi connectivity index (χ0v) is 16.4. The first-order valence-corrected chi connectivity index (χ1v) is 9.86. The van der Waals surface area contributed by atoms with Crippen molar-refractivity contribution in [1.29, 1.82) is 5.26 Å². The van der Waals surface area contributed by atoms with E-state index in [1.807, 2.05) is 54.6 Å². The lowest BCUT2D eigenvalue weighted by Crippen LogP contribution is -2.25. The van der Waals surface area contributed by atoms with Gasteiger partial charge in [-0.3, -0.25) is 14.2 Å². The van der Waals surface area contributed by atoms with Gasteiger partial charge in [0.25, 0.3) is 5.56 Å². The summed E-state index contributed by atoms with van der Waals surface area (Å²) in [5.41, 5.74) is 5.03. The summed E-state index contributed by atoms with van der Waals surface area (Å²) in [5, 5.41) is 10.8. The molecule has 4 aromatic rings. The maximum absolute atomic E-state index is 13.6. The molecule has 1 unspecified atom stereocenters. The Morgan fingerprint density at radius 2 is 1.73 bits per heavy atom. The normalized spacial score (nSPS) is 14.2. The fourth-order valence-corrected chi connectivity index (χ4v) is 4.56. The second kappa shape index (κ2) is 6.82. The number of ketones is 1. The molecule has 0 N–H and O–H groups in total. The molecule has 0 radical (unpaired) electrons. The number of carbonyl (C=O) groups excluding carboxylic acids is 1. The Bertz CT molecular complexity index is 1430. The minimum atomic E-state index is -0.330. The number of nitriles is 1. The van der Waals surface area contributed by atoms with E-state index in [1.165, 1.54) is 0 Å². The first-order chi connectivity index (χ1) is 14.6. The van der Waals surface area contributed by atoms with Crippen LogP contribution >= 0.6 is 0 Å². The van der Waals surface area contributed by atoms with E-state index in [-0.39, 0.29) is 23.8 Å². The Morgan fingerprint density at radius 3 is 2.47 bits per heavy atom. The van der Waals surface area contributed by atoms with Crippen LogP contribution < -0.4 is 5.56 Å². The van der Waals surface area contributed by atoms with Crippen molar-refractivity contribution in [3.63, 3.8) is 0 Å². The van der Waals surface area contributed by atoms with E-state index in [1.54, 1.807) is 29.7 Å². The van der Waals surface area contributed by atoms with Crippen LogP contribution in [0.4, 0.5) is 0 Å². The monoisotopic (exact) mass is 390 g/mol. The Kier molecular flexibility index (Phi) is 4.11.